The van der Waals surface area contributed by atoms with Crippen molar-refractivity contribution in [3.05, 3.63) is 59.1 Å². The molecule has 140 valence electrons. The molecule has 2 aromatic carbocycles. The van der Waals surface area contributed by atoms with E-state index in [-0.39, 0.29) is 5.91 Å². The zero-order valence-corrected chi connectivity index (χ0v) is 15.9. The van der Waals surface area contributed by atoms with E-state index in [0.29, 0.717) is 55.1 Å². The Balaban J connectivity index is 1.88. The number of ether oxygens (including phenoxy) is 3. The quantitative estimate of drug-likeness (QED) is 0.589. The van der Waals surface area contributed by atoms with Gasteiger partial charge in [0.15, 0.2) is 0 Å². The van der Waals surface area contributed by atoms with Crippen molar-refractivity contribution < 1.29 is 19.0 Å². The molecule has 2 rings (SSSR count). The van der Waals surface area contributed by atoms with Gasteiger partial charge >= 0.3 is 0 Å². The predicted molar refractivity (Wildman–Crippen MR) is 102 cm³/mol. The minimum atomic E-state index is -0.119. The Bertz CT molecular complexity index is 708. The van der Waals surface area contributed by atoms with Crippen molar-refractivity contribution in [1.29, 1.82) is 0 Å². The molecule has 0 aromatic heterocycles. The maximum Gasteiger partial charge on any atom is 0.257 e. The number of halogens is 1. The van der Waals surface area contributed by atoms with E-state index in [2.05, 4.69) is 0 Å². The first kappa shape index (κ1) is 20.1. The van der Waals surface area contributed by atoms with E-state index in [1.807, 2.05) is 31.2 Å². The van der Waals surface area contributed by atoms with Gasteiger partial charge in [0.05, 0.1) is 18.7 Å². The number of likely N-dealkylation sites (N-methyl/N-ethyl adjacent to an activating group) is 1. The Morgan fingerprint density at radius 2 is 1.85 bits per heavy atom. The molecule has 6 heteroatoms. The van der Waals surface area contributed by atoms with Gasteiger partial charge < -0.3 is 19.1 Å². The second kappa shape index (κ2) is 10.7. The number of carbonyl (C=O) groups excluding carboxylic acids is 1. The first-order chi connectivity index (χ1) is 12.6. The highest BCUT2D eigenvalue weighted by Crippen LogP contribution is 2.20. The molecular formula is C20H24ClNO4. The van der Waals surface area contributed by atoms with Crippen LogP contribution in [0.25, 0.3) is 0 Å². The average molecular weight is 378 g/mol. The van der Waals surface area contributed by atoms with E-state index in [0.717, 1.165) is 0 Å². The molecule has 0 saturated carbocycles. The van der Waals surface area contributed by atoms with Crippen LogP contribution >= 0.6 is 11.6 Å². The van der Waals surface area contributed by atoms with Crippen LogP contribution in [0.5, 0.6) is 11.5 Å². The topological polar surface area (TPSA) is 48.0 Å². The fraction of sp³-hybridized carbons (Fsp3) is 0.350. The number of amides is 1. The van der Waals surface area contributed by atoms with Gasteiger partial charge in [-0.3, -0.25) is 4.79 Å². The second-order valence-corrected chi connectivity index (χ2v) is 6.01. The SMILES string of the molecule is CCOCCOc1ccccc1C(=O)N(C)CCOc1cccc(Cl)c1. The third kappa shape index (κ3) is 6.24. The van der Waals surface area contributed by atoms with Crippen molar-refractivity contribution in [3.63, 3.8) is 0 Å². The van der Waals surface area contributed by atoms with Gasteiger partial charge in [-0.25, -0.2) is 0 Å². The fourth-order valence-corrected chi connectivity index (χ4v) is 2.47. The molecule has 0 aliphatic rings. The minimum absolute atomic E-state index is 0.119. The van der Waals surface area contributed by atoms with Crippen LogP contribution in [0.2, 0.25) is 5.02 Å². The predicted octanol–water partition coefficient (Wildman–Crippen LogP) is 3.91. The smallest absolute Gasteiger partial charge is 0.257 e. The van der Waals surface area contributed by atoms with Crippen molar-refractivity contribution in [2.24, 2.45) is 0 Å². The Kier molecular flexibility index (Phi) is 8.25. The molecule has 2 aromatic rings. The molecule has 0 fully saturated rings. The number of para-hydroxylation sites is 1. The molecule has 0 unspecified atom stereocenters. The molecule has 5 nitrogen and oxygen atoms in total. The van der Waals surface area contributed by atoms with Crippen molar-refractivity contribution in [3.8, 4) is 11.5 Å². The number of benzene rings is 2. The van der Waals surface area contributed by atoms with Gasteiger partial charge in [-0.2, -0.15) is 0 Å². The van der Waals surface area contributed by atoms with E-state index >= 15 is 0 Å². The van der Waals surface area contributed by atoms with E-state index in [9.17, 15) is 4.79 Å². The lowest BCUT2D eigenvalue weighted by molar-refractivity contribution is 0.0763. The normalized spacial score (nSPS) is 10.4. The number of carbonyl (C=O) groups is 1. The summed E-state index contributed by atoms with van der Waals surface area (Å²) in [6.45, 7) is 4.27. The summed E-state index contributed by atoms with van der Waals surface area (Å²) >= 11 is 5.93. The maximum atomic E-state index is 12.7. The molecule has 0 radical (unpaired) electrons. The lowest BCUT2D eigenvalue weighted by Crippen LogP contribution is -2.31. The summed E-state index contributed by atoms with van der Waals surface area (Å²) in [6, 6.07) is 14.4. The molecule has 0 N–H and O–H groups in total. The van der Waals surface area contributed by atoms with E-state index in [4.69, 9.17) is 25.8 Å². The van der Waals surface area contributed by atoms with Crippen LogP contribution in [-0.2, 0) is 4.74 Å². The molecule has 0 heterocycles. The molecule has 0 spiro atoms. The van der Waals surface area contributed by atoms with Crippen molar-refractivity contribution in [2.75, 3.05) is 40.0 Å². The first-order valence-electron chi connectivity index (χ1n) is 8.55. The van der Waals surface area contributed by atoms with E-state index in [1.54, 1.807) is 36.2 Å². The van der Waals surface area contributed by atoms with Crippen LogP contribution in [-0.4, -0.2) is 50.8 Å². The van der Waals surface area contributed by atoms with Crippen molar-refractivity contribution in [2.45, 2.75) is 6.92 Å². The van der Waals surface area contributed by atoms with E-state index in [1.165, 1.54) is 0 Å². The van der Waals surface area contributed by atoms with Crippen LogP contribution < -0.4 is 9.47 Å². The summed E-state index contributed by atoms with van der Waals surface area (Å²) < 4.78 is 16.6. The van der Waals surface area contributed by atoms with Crippen LogP contribution in [0, 0.1) is 0 Å². The highest BCUT2D eigenvalue weighted by Gasteiger charge is 2.16. The van der Waals surface area contributed by atoms with Gasteiger partial charge in [-0.1, -0.05) is 29.8 Å². The van der Waals surface area contributed by atoms with E-state index < -0.39 is 0 Å². The molecule has 0 bridgehead atoms. The summed E-state index contributed by atoms with van der Waals surface area (Å²) in [5.74, 6) is 1.12. The van der Waals surface area contributed by atoms with Gasteiger partial charge in [-0.05, 0) is 37.3 Å². The average Bonchev–Trinajstić information content (AvgIpc) is 2.65. The highest BCUT2D eigenvalue weighted by atomic mass is 35.5. The van der Waals surface area contributed by atoms with Crippen LogP contribution in [0.1, 0.15) is 17.3 Å². The van der Waals surface area contributed by atoms with Crippen LogP contribution in [0.4, 0.5) is 0 Å². The van der Waals surface area contributed by atoms with Crippen LogP contribution in [0.15, 0.2) is 48.5 Å². The lowest BCUT2D eigenvalue weighted by Gasteiger charge is -2.19. The van der Waals surface area contributed by atoms with Gasteiger partial charge in [0.25, 0.3) is 5.91 Å². The first-order valence-corrected chi connectivity index (χ1v) is 8.93. The standard InChI is InChI=1S/C20H24ClNO4/c1-3-24-13-14-26-19-10-5-4-9-18(19)20(23)22(2)11-12-25-17-8-6-7-16(21)15-17/h4-10,15H,3,11-14H2,1-2H3. The molecule has 1 amide bonds. The highest BCUT2D eigenvalue weighted by molar-refractivity contribution is 6.30. The summed E-state index contributed by atoms with van der Waals surface area (Å²) in [5.41, 5.74) is 0.522. The van der Waals surface area contributed by atoms with Gasteiger partial charge in [-0.15, -0.1) is 0 Å². The summed E-state index contributed by atoms with van der Waals surface area (Å²) in [7, 11) is 1.74. The third-order valence-corrected chi connectivity index (χ3v) is 3.88. The minimum Gasteiger partial charge on any atom is -0.492 e. The summed E-state index contributed by atoms with van der Waals surface area (Å²) in [4.78, 5) is 14.3. The van der Waals surface area contributed by atoms with Gasteiger partial charge in [0, 0.05) is 18.7 Å². The molecule has 0 atom stereocenters. The Morgan fingerprint density at radius 1 is 1.04 bits per heavy atom. The van der Waals surface area contributed by atoms with Crippen molar-refractivity contribution >= 4 is 17.5 Å². The maximum absolute atomic E-state index is 12.7. The van der Waals surface area contributed by atoms with Crippen molar-refractivity contribution in [1.82, 2.24) is 4.90 Å². The molecule has 0 aliphatic heterocycles. The molecule has 0 saturated heterocycles. The summed E-state index contributed by atoms with van der Waals surface area (Å²) in [6.07, 6.45) is 0. The Hall–Kier alpha value is -2.24. The monoisotopic (exact) mass is 377 g/mol. The van der Waals surface area contributed by atoms with Crippen LogP contribution in [0.3, 0.4) is 0 Å². The number of hydrogen-bond acceptors (Lipinski definition) is 4. The second-order valence-electron chi connectivity index (χ2n) is 5.57. The molecular weight excluding hydrogens is 354 g/mol. The largest absolute Gasteiger partial charge is 0.492 e. The fourth-order valence-electron chi connectivity index (χ4n) is 2.29. The van der Waals surface area contributed by atoms with Gasteiger partial charge in [0.1, 0.15) is 24.7 Å². The summed E-state index contributed by atoms with van der Waals surface area (Å²) in [5, 5.41) is 0.616. The van der Waals surface area contributed by atoms with Gasteiger partial charge in [0.2, 0.25) is 0 Å². The Morgan fingerprint density at radius 3 is 2.62 bits per heavy atom. The third-order valence-electron chi connectivity index (χ3n) is 3.65. The zero-order chi connectivity index (χ0) is 18.8. The number of rotatable bonds is 10. The lowest BCUT2D eigenvalue weighted by atomic mass is 10.2. The number of nitrogens with zero attached hydrogens (tertiary/aromatic N) is 1. The number of hydrogen-bond donors (Lipinski definition) is 0. The zero-order valence-electron chi connectivity index (χ0n) is 15.1. The molecule has 26 heavy (non-hydrogen) atoms. The molecule has 0 aliphatic carbocycles. The Labute approximate surface area is 159 Å².